The van der Waals surface area contributed by atoms with Crippen LogP contribution in [0.1, 0.15) is 51.2 Å². The molecule has 0 N–H and O–H groups in total. The van der Waals surface area contributed by atoms with Crippen molar-refractivity contribution in [2.75, 3.05) is 0 Å². The Hall–Kier alpha value is -1.42. The van der Waals surface area contributed by atoms with E-state index in [1.807, 2.05) is 0 Å². The maximum atomic E-state index is 6.10. The van der Waals surface area contributed by atoms with Gasteiger partial charge in [0.1, 0.15) is 0 Å². The summed E-state index contributed by atoms with van der Waals surface area (Å²) >= 11 is 0. The minimum absolute atomic E-state index is 0.229. The summed E-state index contributed by atoms with van der Waals surface area (Å²) in [5, 5.41) is 0. The molecule has 24 heavy (non-hydrogen) atoms. The normalized spacial score (nSPS) is 11.8. The summed E-state index contributed by atoms with van der Waals surface area (Å²) in [6, 6.07) is 22.5. The second-order valence-corrected chi connectivity index (χ2v) is 8.73. The van der Waals surface area contributed by atoms with E-state index in [9.17, 15) is 0 Å². The SMILES string of the molecule is CC(C)O[SiH](CCC(c1ccccc1)c1ccccc1)OC(C)C. The Morgan fingerprint density at radius 1 is 0.708 bits per heavy atom. The molecule has 2 aromatic rings. The maximum absolute atomic E-state index is 6.10. The summed E-state index contributed by atoms with van der Waals surface area (Å²) in [4.78, 5) is 0. The van der Waals surface area contributed by atoms with Gasteiger partial charge in [-0.1, -0.05) is 60.7 Å². The molecule has 3 heteroatoms. The summed E-state index contributed by atoms with van der Waals surface area (Å²) in [6.45, 7) is 8.37. The van der Waals surface area contributed by atoms with Gasteiger partial charge < -0.3 is 8.85 Å². The largest absolute Gasteiger partial charge is 0.394 e. The van der Waals surface area contributed by atoms with Crippen molar-refractivity contribution >= 4 is 9.28 Å². The fourth-order valence-corrected chi connectivity index (χ4v) is 5.13. The van der Waals surface area contributed by atoms with E-state index < -0.39 is 9.28 Å². The summed E-state index contributed by atoms with van der Waals surface area (Å²) in [5.41, 5.74) is 2.73. The first-order valence-electron chi connectivity index (χ1n) is 8.97. The molecule has 2 nitrogen and oxygen atoms in total. The van der Waals surface area contributed by atoms with Crippen LogP contribution in [0.5, 0.6) is 0 Å². The molecule has 0 fully saturated rings. The van der Waals surface area contributed by atoms with E-state index in [0.29, 0.717) is 5.92 Å². The van der Waals surface area contributed by atoms with Gasteiger partial charge >= 0.3 is 9.28 Å². The van der Waals surface area contributed by atoms with Gasteiger partial charge in [-0.15, -0.1) is 0 Å². The molecule has 0 spiro atoms. The molecule has 0 radical (unpaired) electrons. The molecule has 0 atom stereocenters. The highest BCUT2D eigenvalue weighted by atomic mass is 28.3. The molecule has 2 aromatic carbocycles. The van der Waals surface area contributed by atoms with Gasteiger partial charge in [0.05, 0.1) is 0 Å². The van der Waals surface area contributed by atoms with E-state index in [2.05, 4.69) is 88.4 Å². The molecule has 0 aromatic heterocycles. The second kappa shape index (κ2) is 9.77. The lowest BCUT2D eigenvalue weighted by Gasteiger charge is -2.24. The molecule has 0 amide bonds. The van der Waals surface area contributed by atoms with E-state index in [1.165, 1.54) is 11.1 Å². The van der Waals surface area contributed by atoms with Crippen molar-refractivity contribution in [3.8, 4) is 0 Å². The highest BCUT2D eigenvalue weighted by molar-refractivity contribution is 6.44. The van der Waals surface area contributed by atoms with Crippen LogP contribution in [0.15, 0.2) is 60.7 Å². The van der Waals surface area contributed by atoms with Crippen LogP contribution in [-0.4, -0.2) is 21.5 Å². The molecule has 0 bridgehead atoms. The van der Waals surface area contributed by atoms with Gasteiger partial charge in [0.2, 0.25) is 0 Å². The van der Waals surface area contributed by atoms with E-state index in [1.54, 1.807) is 0 Å². The van der Waals surface area contributed by atoms with E-state index in [0.717, 1.165) is 12.5 Å². The Morgan fingerprint density at radius 3 is 1.50 bits per heavy atom. The fraction of sp³-hybridized carbons (Fsp3) is 0.429. The van der Waals surface area contributed by atoms with E-state index in [4.69, 9.17) is 8.85 Å². The first kappa shape index (κ1) is 18.9. The Bertz CT molecular complexity index is 519. The summed E-state index contributed by atoms with van der Waals surface area (Å²) in [7, 11) is -1.65. The molecule has 0 saturated heterocycles. The predicted octanol–water partition coefficient (Wildman–Crippen LogP) is 5.28. The topological polar surface area (TPSA) is 18.5 Å². The standard InChI is InChI=1S/C21H30O2Si/c1-17(2)22-24(23-18(3)4)16-15-21(19-11-7-5-8-12-19)20-13-9-6-10-14-20/h5-14,17-18,21,24H,15-16H2,1-4H3. The first-order chi connectivity index (χ1) is 11.6. The minimum Gasteiger partial charge on any atom is -0.394 e. The average Bonchev–Trinajstić information content (AvgIpc) is 2.56. The molecule has 2 rings (SSSR count). The van der Waals surface area contributed by atoms with Crippen molar-refractivity contribution in [1.29, 1.82) is 0 Å². The van der Waals surface area contributed by atoms with Gasteiger partial charge in [-0.2, -0.15) is 0 Å². The van der Waals surface area contributed by atoms with Crippen LogP contribution in [0.4, 0.5) is 0 Å². The smallest absolute Gasteiger partial charge is 0.321 e. The lowest BCUT2D eigenvalue weighted by Crippen LogP contribution is -2.29. The van der Waals surface area contributed by atoms with Gasteiger partial charge in [0.25, 0.3) is 0 Å². The van der Waals surface area contributed by atoms with Gasteiger partial charge in [-0.3, -0.25) is 0 Å². The molecular weight excluding hydrogens is 312 g/mol. The number of rotatable bonds is 9. The quantitative estimate of drug-likeness (QED) is 0.577. The summed E-state index contributed by atoms with van der Waals surface area (Å²) in [6.07, 6.45) is 1.52. The molecule has 0 aliphatic heterocycles. The third kappa shape index (κ3) is 6.23. The Morgan fingerprint density at radius 2 is 1.12 bits per heavy atom. The zero-order valence-electron chi connectivity index (χ0n) is 15.3. The molecule has 0 unspecified atom stereocenters. The van der Waals surface area contributed by atoms with Crippen LogP contribution < -0.4 is 0 Å². The highest BCUT2D eigenvalue weighted by Gasteiger charge is 2.21. The predicted molar refractivity (Wildman–Crippen MR) is 104 cm³/mol. The Balaban J connectivity index is 2.13. The van der Waals surface area contributed by atoms with Crippen LogP contribution in [0.25, 0.3) is 0 Å². The molecule has 130 valence electrons. The molecule has 0 saturated carbocycles. The van der Waals surface area contributed by atoms with Crippen LogP contribution in [0, 0.1) is 0 Å². The van der Waals surface area contributed by atoms with Crippen molar-refractivity contribution in [2.45, 2.75) is 58.3 Å². The molecule has 0 heterocycles. The lowest BCUT2D eigenvalue weighted by atomic mass is 9.89. The third-order valence-corrected chi connectivity index (χ3v) is 6.44. The van der Waals surface area contributed by atoms with Gasteiger partial charge in [0.15, 0.2) is 0 Å². The lowest BCUT2D eigenvalue weighted by molar-refractivity contribution is 0.129. The number of hydrogen-bond donors (Lipinski definition) is 0. The van der Waals surface area contributed by atoms with Crippen molar-refractivity contribution < 1.29 is 8.85 Å². The zero-order valence-corrected chi connectivity index (χ0v) is 16.5. The van der Waals surface area contributed by atoms with E-state index in [-0.39, 0.29) is 12.2 Å². The van der Waals surface area contributed by atoms with Crippen molar-refractivity contribution in [2.24, 2.45) is 0 Å². The number of benzene rings is 2. The van der Waals surface area contributed by atoms with Crippen molar-refractivity contribution in [3.63, 3.8) is 0 Å². The minimum atomic E-state index is -1.65. The molecular formula is C21H30O2Si. The zero-order chi connectivity index (χ0) is 17.4. The number of hydrogen-bond acceptors (Lipinski definition) is 2. The van der Waals surface area contributed by atoms with Crippen LogP contribution in [-0.2, 0) is 8.85 Å². The van der Waals surface area contributed by atoms with Crippen LogP contribution >= 0.6 is 0 Å². The van der Waals surface area contributed by atoms with E-state index >= 15 is 0 Å². The first-order valence-corrected chi connectivity index (χ1v) is 10.7. The van der Waals surface area contributed by atoms with Crippen molar-refractivity contribution in [3.05, 3.63) is 71.8 Å². The second-order valence-electron chi connectivity index (χ2n) is 6.75. The van der Waals surface area contributed by atoms with Crippen LogP contribution in [0.3, 0.4) is 0 Å². The van der Waals surface area contributed by atoms with Crippen molar-refractivity contribution in [1.82, 2.24) is 0 Å². The fourth-order valence-electron chi connectivity index (χ4n) is 2.97. The summed E-state index contributed by atoms with van der Waals surface area (Å²) < 4.78 is 12.2. The Kier molecular flexibility index (Phi) is 7.70. The van der Waals surface area contributed by atoms with Crippen LogP contribution in [0.2, 0.25) is 6.04 Å². The Labute approximate surface area is 148 Å². The van der Waals surface area contributed by atoms with Gasteiger partial charge in [0, 0.05) is 18.1 Å². The maximum Gasteiger partial charge on any atom is 0.321 e. The molecule has 0 aliphatic rings. The van der Waals surface area contributed by atoms with Gasteiger partial charge in [-0.25, -0.2) is 0 Å². The monoisotopic (exact) mass is 342 g/mol. The average molecular weight is 343 g/mol. The highest BCUT2D eigenvalue weighted by Crippen LogP contribution is 2.30. The van der Waals surface area contributed by atoms with Gasteiger partial charge in [-0.05, 0) is 51.3 Å². The third-order valence-electron chi connectivity index (χ3n) is 3.94. The molecule has 0 aliphatic carbocycles. The summed E-state index contributed by atoms with van der Waals surface area (Å²) in [5.74, 6) is 0.397.